The summed E-state index contributed by atoms with van der Waals surface area (Å²) in [6, 6.07) is 3.43. The zero-order valence-electron chi connectivity index (χ0n) is 7.70. The Labute approximate surface area is 87.0 Å². The first-order chi connectivity index (χ1) is 6.58. The van der Waals surface area contributed by atoms with Crippen LogP contribution in [-0.4, -0.2) is 16.1 Å². The number of aliphatic carboxylic acids is 1. The summed E-state index contributed by atoms with van der Waals surface area (Å²) < 4.78 is 0. The summed E-state index contributed by atoms with van der Waals surface area (Å²) in [5.41, 5.74) is 1.49. The molecule has 0 saturated carbocycles. The Morgan fingerprint density at radius 2 is 2.36 bits per heavy atom. The fourth-order valence-electron chi connectivity index (χ4n) is 1.02. The van der Waals surface area contributed by atoms with Gasteiger partial charge in [-0.1, -0.05) is 17.7 Å². The van der Waals surface area contributed by atoms with Crippen LogP contribution in [0.2, 0.25) is 5.02 Å². The number of aryl methyl sites for hydroxylation is 1. The molecular weight excluding hydrogens is 202 g/mol. The van der Waals surface area contributed by atoms with Crippen molar-refractivity contribution in [1.82, 2.24) is 4.98 Å². The van der Waals surface area contributed by atoms with Crippen molar-refractivity contribution in [2.45, 2.75) is 13.3 Å². The average molecular weight is 212 g/mol. The Balaban J connectivity index is 2.76. The van der Waals surface area contributed by atoms with E-state index in [9.17, 15) is 4.79 Å². The van der Waals surface area contributed by atoms with Gasteiger partial charge in [0.25, 0.3) is 0 Å². The second-order valence-electron chi connectivity index (χ2n) is 2.85. The van der Waals surface area contributed by atoms with E-state index < -0.39 is 5.97 Å². The van der Waals surface area contributed by atoms with Gasteiger partial charge in [0, 0.05) is 10.7 Å². The van der Waals surface area contributed by atoms with E-state index in [4.69, 9.17) is 16.7 Å². The molecule has 0 aliphatic rings. The summed E-state index contributed by atoms with van der Waals surface area (Å²) in [5.74, 6) is -0.861. The molecule has 0 bridgehead atoms. The molecule has 1 aromatic rings. The summed E-state index contributed by atoms with van der Waals surface area (Å²) in [5, 5.41) is 9.01. The van der Waals surface area contributed by atoms with Crippen LogP contribution in [0.15, 0.2) is 18.2 Å². The zero-order chi connectivity index (χ0) is 10.6. The quantitative estimate of drug-likeness (QED) is 0.836. The van der Waals surface area contributed by atoms with Crippen molar-refractivity contribution in [3.63, 3.8) is 0 Å². The van der Waals surface area contributed by atoms with Gasteiger partial charge in [0.05, 0.1) is 12.1 Å². The van der Waals surface area contributed by atoms with Crippen LogP contribution in [0.25, 0.3) is 6.08 Å². The maximum absolute atomic E-state index is 10.2. The van der Waals surface area contributed by atoms with Gasteiger partial charge in [0.15, 0.2) is 0 Å². The second kappa shape index (κ2) is 4.77. The third kappa shape index (κ3) is 3.58. The third-order valence-electron chi connectivity index (χ3n) is 1.52. The molecule has 0 saturated heterocycles. The second-order valence-corrected chi connectivity index (χ2v) is 3.29. The molecule has 0 amide bonds. The highest BCUT2D eigenvalue weighted by atomic mass is 35.5. The van der Waals surface area contributed by atoms with Crippen LogP contribution in [0.5, 0.6) is 0 Å². The Hall–Kier alpha value is -1.35. The molecule has 14 heavy (non-hydrogen) atoms. The number of rotatable bonds is 3. The monoisotopic (exact) mass is 211 g/mol. The lowest BCUT2D eigenvalue weighted by Gasteiger charge is -1.96. The molecule has 0 atom stereocenters. The summed E-state index contributed by atoms with van der Waals surface area (Å²) in [6.07, 6.45) is 3.18. The standard InChI is InChI=1S/C10H10ClNO2/c1-7-5-8(11)6-9(12-7)3-2-4-10(13)14/h2-3,5-6H,4H2,1H3,(H,13,14). The summed E-state index contributed by atoms with van der Waals surface area (Å²) in [7, 11) is 0. The predicted octanol–water partition coefficient (Wildman–Crippen LogP) is 2.53. The van der Waals surface area contributed by atoms with Crippen LogP contribution in [-0.2, 0) is 4.79 Å². The van der Waals surface area contributed by atoms with Crippen molar-refractivity contribution >= 4 is 23.6 Å². The summed E-state index contributed by atoms with van der Waals surface area (Å²) in [4.78, 5) is 14.4. The number of hydrogen-bond donors (Lipinski definition) is 1. The molecule has 1 rings (SSSR count). The number of carboxylic acids is 1. The predicted molar refractivity (Wildman–Crippen MR) is 55.3 cm³/mol. The molecule has 1 N–H and O–H groups in total. The normalized spacial score (nSPS) is 10.7. The average Bonchev–Trinajstić information content (AvgIpc) is 2.01. The van der Waals surface area contributed by atoms with Gasteiger partial charge in [-0.3, -0.25) is 9.78 Å². The minimum absolute atomic E-state index is 0.00671. The van der Waals surface area contributed by atoms with Gasteiger partial charge in [0.1, 0.15) is 0 Å². The molecule has 0 spiro atoms. The van der Waals surface area contributed by atoms with Gasteiger partial charge < -0.3 is 5.11 Å². The van der Waals surface area contributed by atoms with E-state index in [-0.39, 0.29) is 6.42 Å². The smallest absolute Gasteiger partial charge is 0.307 e. The van der Waals surface area contributed by atoms with Crippen LogP contribution < -0.4 is 0 Å². The lowest BCUT2D eigenvalue weighted by atomic mass is 10.2. The molecule has 4 heteroatoms. The number of carbonyl (C=O) groups is 1. The number of halogens is 1. The highest BCUT2D eigenvalue weighted by Gasteiger charge is 1.95. The lowest BCUT2D eigenvalue weighted by molar-refractivity contribution is -0.135. The van der Waals surface area contributed by atoms with Crippen LogP contribution in [0.4, 0.5) is 0 Å². The molecular formula is C10H10ClNO2. The van der Waals surface area contributed by atoms with Crippen molar-refractivity contribution in [3.05, 3.63) is 34.6 Å². The van der Waals surface area contributed by atoms with Gasteiger partial charge >= 0.3 is 5.97 Å². The lowest BCUT2D eigenvalue weighted by Crippen LogP contribution is -1.90. The highest BCUT2D eigenvalue weighted by Crippen LogP contribution is 2.12. The minimum atomic E-state index is -0.861. The molecule has 0 fully saturated rings. The molecule has 0 aliphatic carbocycles. The Bertz CT molecular complexity index is 354. The minimum Gasteiger partial charge on any atom is -0.481 e. The summed E-state index contributed by atoms with van der Waals surface area (Å²) in [6.45, 7) is 1.83. The molecule has 0 radical (unpaired) electrons. The Morgan fingerprint density at radius 1 is 1.64 bits per heavy atom. The van der Waals surface area contributed by atoms with Gasteiger partial charge in [-0.25, -0.2) is 0 Å². The molecule has 1 aromatic heterocycles. The first kappa shape index (κ1) is 10.7. The number of nitrogens with zero attached hydrogens (tertiary/aromatic N) is 1. The van der Waals surface area contributed by atoms with Crippen LogP contribution in [0.3, 0.4) is 0 Å². The first-order valence-corrected chi connectivity index (χ1v) is 4.48. The number of aromatic nitrogens is 1. The highest BCUT2D eigenvalue weighted by molar-refractivity contribution is 6.30. The summed E-state index contributed by atoms with van der Waals surface area (Å²) >= 11 is 5.80. The number of pyridine rings is 1. The fourth-order valence-corrected chi connectivity index (χ4v) is 1.29. The van der Waals surface area contributed by atoms with E-state index >= 15 is 0 Å². The van der Waals surface area contributed by atoms with Gasteiger partial charge in [0.2, 0.25) is 0 Å². The number of hydrogen-bond acceptors (Lipinski definition) is 2. The molecule has 0 aromatic carbocycles. The van der Waals surface area contributed by atoms with E-state index in [2.05, 4.69) is 4.98 Å². The maximum atomic E-state index is 10.2. The van der Waals surface area contributed by atoms with E-state index in [1.807, 2.05) is 6.92 Å². The van der Waals surface area contributed by atoms with E-state index in [1.165, 1.54) is 0 Å². The van der Waals surface area contributed by atoms with Crippen molar-refractivity contribution in [2.75, 3.05) is 0 Å². The van der Waals surface area contributed by atoms with Crippen molar-refractivity contribution < 1.29 is 9.90 Å². The van der Waals surface area contributed by atoms with Crippen molar-refractivity contribution in [2.24, 2.45) is 0 Å². The maximum Gasteiger partial charge on any atom is 0.307 e. The van der Waals surface area contributed by atoms with E-state index in [0.717, 1.165) is 5.69 Å². The van der Waals surface area contributed by atoms with Crippen LogP contribution in [0.1, 0.15) is 17.8 Å². The molecule has 0 unspecified atom stereocenters. The first-order valence-electron chi connectivity index (χ1n) is 4.10. The van der Waals surface area contributed by atoms with Gasteiger partial charge in [-0.05, 0) is 25.1 Å². The van der Waals surface area contributed by atoms with Crippen LogP contribution in [0, 0.1) is 6.92 Å². The van der Waals surface area contributed by atoms with Crippen LogP contribution >= 0.6 is 11.6 Å². The molecule has 3 nitrogen and oxygen atoms in total. The molecule has 1 heterocycles. The van der Waals surface area contributed by atoms with Crippen molar-refractivity contribution in [3.8, 4) is 0 Å². The Morgan fingerprint density at radius 3 is 2.93 bits per heavy atom. The third-order valence-corrected chi connectivity index (χ3v) is 1.74. The topological polar surface area (TPSA) is 50.2 Å². The van der Waals surface area contributed by atoms with Gasteiger partial charge in [-0.15, -0.1) is 0 Å². The molecule has 74 valence electrons. The van der Waals surface area contributed by atoms with Gasteiger partial charge in [-0.2, -0.15) is 0 Å². The SMILES string of the molecule is Cc1cc(Cl)cc(C=CCC(=O)O)n1. The molecule has 0 aliphatic heterocycles. The fraction of sp³-hybridized carbons (Fsp3) is 0.200. The number of carboxylic acid groups (broad SMARTS) is 1. The van der Waals surface area contributed by atoms with E-state index in [1.54, 1.807) is 24.3 Å². The largest absolute Gasteiger partial charge is 0.481 e. The van der Waals surface area contributed by atoms with Crippen molar-refractivity contribution in [1.29, 1.82) is 0 Å². The Kier molecular flexibility index (Phi) is 3.65. The zero-order valence-corrected chi connectivity index (χ0v) is 8.45. The van der Waals surface area contributed by atoms with E-state index in [0.29, 0.717) is 10.7 Å².